The Bertz CT molecular complexity index is 360. The summed E-state index contributed by atoms with van der Waals surface area (Å²) >= 11 is 0. The summed E-state index contributed by atoms with van der Waals surface area (Å²) in [6, 6.07) is 0. The summed E-state index contributed by atoms with van der Waals surface area (Å²) in [5.41, 5.74) is 0.972. The van der Waals surface area contributed by atoms with Crippen LogP contribution in [0.4, 0.5) is 0 Å². The molecule has 50 valence electrons. The second-order valence-corrected chi connectivity index (χ2v) is 1.87. The van der Waals surface area contributed by atoms with Crippen LogP contribution in [0.3, 0.4) is 0 Å². The van der Waals surface area contributed by atoms with E-state index < -0.39 is 0 Å². The minimum Gasteiger partial charge on any atom is -0.444 e. The Labute approximate surface area is 56.1 Å². The molecule has 0 aliphatic carbocycles. The van der Waals surface area contributed by atoms with Crippen molar-refractivity contribution in [2.24, 2.45) is 0 Å². The molecule has 2 rings (SSSR count). The molecule has 0 aliphatic rings. The molecule has 2 aromatic rings. The van der Waals surface area contributed by atoms with Crippen molar-refractivity contribution >= 4 is 12.0 Å². The summed E-state index contributed by atoms with van der Waals surface area (Å²) < 4.78 is 6.45. The lowest BCUT2D eigenvalue weighted by Crippen LogP contribution is -1.76. The number of nitrogens with zero attached hydrogens (tertiary/aromatic N) is 2. The highest BCUT2D eigenvalue weighted by molar-refractivity contribution is 5.82. The molecule has 0 bridgehead atoms. The monoisotopic (exact) mass is 136 g/mol. The molecular weight excluding hydrogens is 132 g/mol. The second-order valence-electron chi connectivity index (χ2n) is 1.87. The number of oxazole rings is 1. The summed E-state index contributed by atoms with van der Waals surface area (Å²) in [6.07, 6.45) is 5.30. The first-order valence-corrected chi connectivity index (χ1v) is 2.78. The van der Waals surface area contributed by atoms with E-state index in [-0.39, 0.29) is 0 Å². The Kier molecular flexibility index (Phi) is 0.887. The van der Waals surface area contributed by atoms with E-state index in [2.05, 4.69) is 5.10 Å². The molecule has 0 aromatic carbocycles. The van der Waals surface area contributed by atoms with Crippen LogP contribution in [0.5, 0.6) is 0 Å². The molecule has 10 heavy (non-hydrogen) atoms. The Morgan fingerprint density at radius 2 is 2.60 bits per heavy atom. The normalized spacial score (nSPS) is 10.4. The van der Waals surface area contributed by atoms with E-state index in [0.29, 0.717) is 17.6 Å². The van der Waals surface area contributed by atoms with Gasteiger partial charge in [0.1, 0.15) is 6.26 Å². The lowest BCUT2D eigenvalue weighted by molar-refractivity contribution is 0.112. The van der Waals surface area contributed by atoms with Gasteiger partial charge in [0.05, 0.1) is 18.0 Å². The van der Waals surface area contributed by atoms with Crippen LogP contribution in [-0.2, 0) is 0 Å². The molecule has 0 amide bonds. The van der Waals surface area contributed by atoms with Crippen LogP contribution >= 0.6 is 0 Å². The van der Waals surface area contributed by atoms with Crippen LogP contribution in [0.1, 0.15) is 10.4 Å². The molecule has 0 saturated carbocycles. The number of aromatic nitrogens is 2. The topological polar surface area (TPSA) is 47.5 Å². The molecule has 0 N–H and O–H groups in total. The van der Waals surface area contributed by atoms with Crippen LogP contribution in [0.25, 0.3) is 5.71 Å². The molecule has 0 radical (unpaired) electrons. The van der Waals surface area contributed by atoms with Crippen molar-refractivity contribution in [3.63, 3.8) is 0 Å². The zero-order valence-corrected chi connectivity index (χ0v) is 5.02. The number of hydrogen-bond donors (Lipinski definition) is 0. The SMILES string of the molecule is O=Cc1cnn2ccoc12. The molecule has 4 nitrogen and oxygen atoms in total. The van der Waals surface area contributed by atoms with Crippen molar-refractivity contribution in [1.29, 1.82) is 0 Å². The molecule has 0 spiro atoms. The number of hydrogen-bond acceptors (Lipinski definition) is 3. The molecule has 4 heteroatoms. The van der Waals surface area contributed by atoms with Crippen LogP contribution in [0.2, 0.25) is 0 Å². The van der Waals surface area contributed by atoms with Crippen molar-refractivity contribution < 1.29 is 9.21 Å². The molecule has 2 heterocycles. The van der Waals surface area contributed by atoms with Gasteiger partial charge in [-0.05, 0) is 0 Å². The first-order valence-electron chi connectivity index (χ1n) is 2.78. The van der Waals surface area contributed by atoms with Crippen molar-refractivity contribution in [1.82, 2.24) is 9.61 Å². The Balaban J connectivity index is 2.88. The fourth-order valence-electron chi connectivity index (χ4n) is 0.826. The summed E-state index contributed by atoms with van der Waals surface area (Å²) in [5.74, 6) is 0. The highest BCUT2D eigenvalue weighted by atomic mass is 16.3. The van der Waals surface area contributed by atoms with Gasteiger partial charge >= 0.3 is 0 Å². The van der Waals surface area contributed by atoms with Gasteiger partial charge in [-0.3, -0.25) is 4.79 Å². The first kappa shape index (κ1) is 5.22. The van der Waals surface area contributed by atoms with Gasteiger partial charge in [-0.1, -0.05) is 0 Å². The Morgan fingerprint density at radius 1 is 1.70 bits per heavy atom. The fraction of sp³-hybridized carbons (Fsp3) is 0. The van der Waals surface area contributed by atoms with E-state index in [1.54, 1.807) is 6.20 Å². The van der Waals surface area contributed by atoms with Gasteiger partial charge in [0.2, 0.25) is 5.71 Å². The number of fused-ring (bicyclic) bond motifs is 1. The molecule has 0 atom stereocenters. The van der Waals surface area contributed by atoms with Gasteiger partial charge < -0.3 is 4.42 Å². The van der Waals surface area contributed by atoms with E-state index in [0.717, 1.165) is 0 Å². The fourth-order valence-corrected chi connectivity index (χ4v) is 0.826. The molecular formula is C6H4N2O2. The van der Waals surface area contributed by atoms with Gasteiger partial charge in [0.15, 0.2) is 6.29 Å². The predicted octanol–water partition coefficient (Wildman–Crippen LogP) is 0.740. The summed E-state index contributed by atoms with van der Waals surface area (Å²) in [7, 11) is 0. The first-order chi connectivity index (χ1) is 4.92. The third-order valence-corrected chi connectivity index (χ3v) is 1.28. The quantitative estimate of drug-likeness (QED) is 0.543. The van der Waals surface area contributed by atoms with Crippen LogP contribution in [0, 0.1) is 0 Å². The van der Waals surface area contributed by atoms with Crippen molar-refractivity contribution in [2.45, 2.75) is 0 Å². The smallest absolute Gasteiger partial charge is 0.232 e. The van der Waals surface area contributed by atoms with Crippen LogP contribution < -0.4 is 0 Å². The highest BCUT2D eigenvalue weighted by Crippen LogP contribution is 2.07. The molecule has 0 unspecified atom stereocenters. The van der Waals surface area contributed by atoms with Crippen molar-refractivity contribution in [2.75, 3.05) is 0 Å². The standard InChI is InChI=1S/C6H4N2O2/c9-4-5-3-7-8-1-2-10-6(5)8/h1-4H. The minimum absolute atomic E-state index is 0.477. The Hall–Kier alpha value is -1.58. The van der Waals surface area contributed by atoms with E-state index >= 15 is 0 Å². The van der Waals surface area contributed by atoms with E-state index in [9.17, 15) is 4.79 Å². The maximum Gasteiger partial charge on any atom is 0.232 e. The van der Waals surface area contributed by atoms with Crippen molar-refractivity contribution in [3.05, 3.63) is 24.2 Å². The maximum atomic E-state index is 10.3. The highest BCUT2D eigenvalue weighted by Gasteiger charge is 2.03. The number of aldehydes is 1. The number of carbonyl (C=O) groups excluding carboxylic acids is 1. The van der Waals surface area contributed by atoms with E-state index in [4.69, 9.17) is 4.42 Å². The molecule has 2 aromatic heterocycles. The van der Waals surface area contributed by atoms with Crippen LogP contribution in [-0.4, -0.2) is 15.9 Å². The third kappa shape index (κ3) is 0.500. The van der Waals surface area contributed by atoms with Crippen molar-refractivity contribution in [3.8, 4) is 0 Å². The van der Waals surface area contributed by atoms with Gasteiger partial charge in [-0.2, -0.15) is 5.10 Å². The average molecular weight is 136 g/mol. The summed E-state index contributed by atoms with van der Waals surface area (Å²) in [5, 5.41) is 3.84. The lowest BCUT2D eigenvalue weighted by Gasteiger charge is -1.75. The van der Waals surface area contributed by atoms with Gasteiger partial charge in [0, 0.05) is 0 Å². The maximum absolute atomic E-state index is 10.3. The van der Waals surface area contributed by atoms with Gasteiger partial charge in [-0.15, -0.1) is 0 Å². The Morgan fingerprint density at radius 3 is 3.40 bits per heavy atom. The minimum atomic E-state index is 0.477. The zero-order valence-electron chi connectivity index (χ0n) is 5.02. The van der Waals surface area contributed by atoms with E-state index in [1.807, 2.05) is 0 Å². The second kappa shape index (κ2) is 1.70. The lowest BCUT2D eigenvalue weighted by atomic mass is 10.4. The van der Waals surface area contributed by atoms with Crippen LogP contribution in [0.15, 0.2) is 23.1 Å². The molecule has 0 fully saturated rings. The van der Waals surface area contributed by atoms with E-state index in [1.165, 1.54) is 17.0 Å². The predicted molar refractivity (Wildman–Crippen MR) is 32.8 cm³/mol. The number of rotatable bonds is 1. The zero-order chi connectivity index (χ0) is 6.97. The van der Waals surface area contributed by atoms with Gasteiger partial charge in [-0.25, -0.2) is 4.52 Å². The number of carbonyl (C=O) groups is 1. The third-order valence-electron chi connectivity index (χ3n) is 1.28. The summed E-state index contributed by atoms with van der Waals surface area (Å²) in [4.78, 5) is 10.3. The molecule has 0 aliphatic heterocycles. The average Bonchev–Trinajstić information content (AvgIpc) is 2.44. The van der Waals surface area contributed by atoms with Gasteiger partial charge in [0.25, 0.3) is 0 Å². The summed E-state index contributed by atoms with van der Waals surface area (Å²) in [6.45, 7) is 0. The molecule has 0 saturated heterocycles. The largest absolute Gasteiger partial charge is 0.444 e.